The Bertz CT molecular complexity index is 619. The molecule has 1 amide bonds. The first-order valence-electron chi connectivity index (χ1n) is 4.84. The largest absolute Gasteiger partial charge is 0.393 e. The number of hydrogen-bond donors (Lipinski definition) is 3. The average molecular weight is 230 g/mol. The third-order valence-corrected chi connectivity index (χ3v) is 2.31. The van der Waals surface area contributed by atoms with Crippen LogP contribution in [0.25, 0.3) is 11.3 Å². The molecule has 0 bridgehead atoms. The molecule has 0 spiro atoms. The highest BCUT2D eigenvalue weighted by Gasteiger charge is 2.17. The third kappa shape index (κ3) is 1.87. The van der Waals surface area contributed by atoms with Gasteiger partial charge in [0, 0.05) is 5.56 Å². The van der Waals surface area contributed by atoms with Crippen LogP contribution in [0.1, 0.15) is 10.4 Å². The van der Waals surface area contributed by atoms with Crippen LogP contribution in [-0.4, -0.2) is 16.1 Å². The summed E-state index contributed by atoms with van der Waals surface area (Å²) in [6.07, 6.45) is 0. The second-order valence-electron chi connectivity index (χ2n) is 3.42. The van der Waals surface area contributed by atoms with Gasteiger partial charge < -0.3 is 11.5 Å². The molecule has 0 saturated carbocycles. The molecule has 17 heavy (non-hydrogen) atoms. The summed E-state index contributed by atoms with van der Waals surface area (Å²) in [7, 11) is 0. The fourth-order valence-corrected chi connectivity index (χ4v) is 1.52. The van der Waals surface area contributed by atoms with Crippen molar-refractivity contribution in [3.05, 3.63) is 46.2 Å². The number of aromatic amines is 1. The lowest BCUT2D eigenvalue weighted by atomic mass is 10.1. The van der Waals surface area contributed by atoms with Gasteiger partial charge in [0.25, 0.3) is 11.5 Å². The van der Waals surface area contributed by atoms with E-state index in [2.05, 4.69) is 10.2 Å². The molecule has 0 aliphatic heterocycles. The molecule has 0 fully saturated rings. The van der Waals surface area contributed by atoms with E-state index in [1.807, 2.05) is 6.07 Å². The molecular weight excluding hydrogens is 220 g/mol. The number of rotatable bonds is 2. The van der Waals surface area contributed by atoms with E-state index in [-0.39, 0.29) is 16.9 Å². The predicted octanol–water partition coefficient (Wildman–Crippen LogP) is 0.118. The number of hydrogen-bond acceptors (Lipinski definition) is 4. The van der Waals surface area contributed by atoms with E-state index < -0.39 is 11.5 Å². The van der Waals surface area contributed by atoms with Crippen molar-refractivity contribution in [2.75, 3.05) is 5.73 Å². The van der Waals surface area contributed by atoms with Gasteiger partial charge in [0.15, 0.2) is 0 Å². The summed E-state index contributed by atoms with van der Waals surface area (Å²) in [5.41, 5.74) is 10.8. The van der Waals surface area contributed by atoms with Gasteiger partial charge in [-0.1, -0.05) is 30.3 Å². The maximum absolute atomic E-state index is 11.3. The normalized spacial score (nSPS) is 10.1. The minimum absolute atomic E-state index is 0.0556. The van der Waals surface area contributed by atoms with Crippen molar-refractivity contribution in [3.8, 4) is 11.3 Å². The zero-order valence-electron chi connectivity index (χ0n) is 8.81. The lowest BCUT2D eigenvalue weighted by Gasteiger charge is -2.07. The van der Waals surface area contributed by atoms with Gasteiger partial charge in [0.05, 0.1) is 5.56 Å². The van der Waals surface area contributed by atoms with E-state index in [1.54, 1.807) is 24.3 Å². The second kappa shape index (κ2) is 4.09. The van der Waals surface area contributed by atoms with E-state index in [0.717, 1.165) is 0 Å². The Kier molecular flexibility index (Phi) is 2.61. The van der Waals surface area contributed by atoms with Gasteiger partial charge in [0.2, 0.25) is 0 Å². The van der Waals surface area contributed by atoms with Crippen LogP contribution in [0.5, 0.6) is 0 Å². The smallest absolute Gasteiger partial charge is 0.288 e. The van der Waals surface area contributed by atoms with Gasteiger partial charge in [-0.3, -0.25) is 9.59 Å². The zero-order chi connectivity index (χ0) is 12.4. The minimum Gasteiger partial charge on any atom is -0.393 e. The van der Waals surface area contributed by atoms with E-state index in [0.29, 0.717) is 5.56 Å². The van der Waals surface area contributed by atoms with E-state index in [4.69, 9.17) is 11.5 Å². The number of aromatic nitrogens is 2. The number of nitrogens with one attached hydrogen (secondary N) is 1. The standard InChI is InChI=1S/C11H10N4O2/c12-8-7(10(13)16)9(14-15-11(8)17)6-4-2-1-3-5-6/h1-5H,(H2,12,14)(H2,13,16)(H,15,17). The first-order valence-corrected chi connectivity index (χ1v) is 4.84. The van der Waals surface area contributed by atoms with Crippen LogP contribution >= 0.6 is 0 Å². The summed E-state index contributed by atoms with van der Waals surface area (Å²) in [6.45, 7) is 0. The van der Waals surface area contributed by atoms with Gasteiger partial charge in [-0.15, -0.1) is 0 Å². The monoisotopic (exact) mass is 230 g/mol. The molecule has 0 saturated heterocycles. The Morgan fingerprint density at radius 3 is 2.47 bits per heavy atom. The molecule has 1 heterocycles. The molecule has 5 N–H and O–H groups in total. The van der Waals surface area contributed by atoms with E-state index >= 15 is 0 Å². The summed E-state index contributed by atoms with van der Waals surface area (Å²) in [5.74, 6) is -0.778. The molecule has 0 aliphatic rings. The second-order valence-corrected chi connectivity index (χ2v) is 3.42. The lowest BCUT2D eigenvalue weighted by Crippen LogP contribution is -2.24. The SMILES string of the molecule is NC(=O)c1c(-c2ccccc2)n[nH]c(=O)c1N. The highest BCUT2D eigenvalue weighted by Crippen LogP contribution is 2.21. The minimum atomic E-state index is -0.778. The van der Waals surface area contributed by atoms with Crippen molar-refractivity contribution in [2.24, 2.45) is 5.73 Å². The molecule has 1 aromatic carbocycles. The number of primary amides is 1. The lowest BCUT2D eigenvalue weighted by molar-refractivity contribution is 0.100. The highest BCUT2D eigenvalue weighted by molar-refractivity contribution is 6.03. The quantitative estimate of drug-likeness (QED) is 0.679. The Labute approximate surface area is 96.3 Å². The Morgan fingerprint density at radius 2 is 1.88 bits per heavy atom. The van der Waals surface area contributed by atoms with Crippen LogP contribution in [-0.2, 0) is 0 Å². The molecule has 0 atom stereocenters. The summed E-state index contributed by atoms with van der Waals surface area (Å²) in [4.78, 5) is 22.6. The van der Waals surface area contributed by atoms with E-state index in [9.17, 15) is 9.59 Å². The van der Waals surface area contributed by atoms with Crippen molar-refractivity contribution in [2.45, 2.75) is 0 Å². The van der Waals surface area contributed by atoms with Crippen LogP contribution in [0.4, 0.5) is 5.69 Å². The summed E-state index contributed by atoms with van der Waals surface area (Å²) in [5, 5.41) is 6.04. The number of nitrogen functional groups attached to an aromatic ring is 1. The predicted molar refractivity (Wildman–Crippen MR) is 63.2 cm³/mol. The fraction of sp³-hybridized carbons (Fsp3) is 0. The number of anilines is 1. The molecule has 0 aliphatic carbocycles. The van der Waals surface area contributed by atoms with Crippen molar-refractivity contribution < 1.29 is 4.79 Å². The van der Waals surface area contributed by atoms with Gasteiger partial charge in [-0.05, 0) is 0 Å². The number of carbonyl (C=O) groups excluding carboxylic acids is 1. The number of nitrogens with two attached hydrogens (primary N) is 2. The summed E-state index contributed by atoms with van der Waals surface area (Å²) in [6, 6.07) is 8.87. The van der Waals surface area contributed by atoms with Gasteiger partial charge in [-0.25, -0.2) is 5.10 Å². The molecule has 2 aromatic rings. The average Bonchev–Trinajstić information content (AvgIpc) is 2.33. The Morgan fingerprint density at radius 1 is 1.24 bits per heavy atom. The van der Waals surface area contributed by atoms with Crippen LogP contribution in [0.3, 0.4) is 0 Å². The topological polar surface area (TPSA) is 115 Å². The first kappa shape index (κ1) is 10.9. The molecule has 0 unspecified atom stereocenters. The molecular formula is C11H10N4O2. The van der Waals surface area contributed by atoms with Gasteiger partial charge in [-0.2, -0.15) is 5.10 Å². The molecule has 2 rings (SSSR count). The van der Waals surface area contributed by atoms with Crippen LogP contribution in [0.15, 0.2) is 35.1 Å². The van der Waals surface area contributed by atoms with Gasteiger partial charge >= 0.3 is 0 Å². The Hall–Kier alpha value is -2.63. The van der Waals surface area contributed by atoms with E-state index in [1.165, 1.54) is 0 Å². The molecule has 0 radical (unpaired) electrons. The number of carbonyl (C=O) groups is 1. The Balaban J connectivity index is 2.75. The van der Waals surface area contributed by atoms with Crippen molar-refractivity contribution in [3.63, 3.8) is 0 Å². The van der Waals surface area contributed by atoms with Crippen LogP contribution in [0, 0.1) is 0 Å². The molecule has 6 nitrogen and oxygen atoms in total. The number of benzene rings is 1. The molecule has 86 valence electrons. The number of nitrogens with zero attached hydrogens (tertiary/aromatic N) is 1. The summed E-state index contributed by atoms with van der Waals surface area (Å²) < 4.78 is 0. The van der Waals surface area contributed by atoms with Crippen molar-refractivity contribution >= 4 is 11.6 Å². The van der Waals surface area contributed by atoms with Gasteiger partial charge in [0.1, 0.15) is 11.4 Å². The maximum atomic E-state index is 11.3. The molecule has 6 heteroatoms. The fourth-order valence-electron chi connectivity index (χ4n) is 1.52. The molecule has 1 aromatic heterocycles. The first-order chi connectivity index (χ1) is 8.11. The number of amides is 1. The van der Waals surface area contributed by atoms with Crippen molar-refractivity contribution in [1.29, 1.82) is 0 Å². The van der Waals surface area contributed by atoms with Crippen LogP contribution < -0.4 is 17.0 Å². The zero-order valence-corrected chi connectivity index (χ0v) is 8.81. The van der Waals surface area contributed by atoms with Crippen LogP contribution in [0.2, 0.25) is 0 Å². The third-order valence-electron chi connectivity index (χ3n) is 2.31. The number of H-pyrrole nitrogens is 1. The van der Waals surface area contributed by atoms with Crippen molar-refractivity contribution in [1.82, 2.24) is 10.2 Å². The maximum Gasteiger partial charge on any atom is 0.288 e. The highest BCUT2D eigenvalue weighted by atomic mass is 16.1. The summed E-state index contributed by atoms with van der Waals surface area (Å²) >= 11 is 0.